The van der Waals surface area contributed by atoms with Gasteiger partial charge >= 0.3 is 0 Å². The van der Waals surface area contributed by atoms with E-state index in [1.807, 2.05) is 24.3 Å². The molecule has 2 fully saturated rings. The molecule has 0 spiro atoms. The summed E-state index contributed by atoms with van der Waals surface area (Å²) in [5.74, 6) is -0.720. The summed E-state index contributed by atoms with van der Waals surface area (Å²) in [7, 11) is 0. The minimum Gasteiger partial charge on any atom is -0.506 e. The fourth-order valence-corrected chi connectivity index (χ4v) is 3.77. The lowest BCUT2D eigenvalue weighted by molar-refractivity contribution is -0.122. The van der Waals surface area contributed by atoms with Gasteiger partial charge in [0.1, 0.15) is 5.75 Å². The molecule has 2 N–H and O–H groups in total. The van der Waals surface area contributed by atoms with Gasteiger partial charge in [-0.05, 0) is 49.2 Å². The van der Waals surface area contributed by atoms with Gasteiger partial charge < -0.3 is 20.2 Å². The fraction of sp³-hybridized carbons (Fsp3) is 0.333. The van der Waals surface area contributed by atoms with Crippen LogP contribution in [0.15, 0.2) is 48.5 Å². The fourth-order valence-electron chi connectivity index (χ4n) is 3.77. The zero-order valence-electron chi connectivity index (χ0n) is 15.1. The SMILES string of the molecule is O=C(Nc1ccccc1O)C1CC(=O)N(c2ccc(N3CCCC3)cc2)C1. The van der Waals surface area contributed by atoms with Crippen molar-refractivity contribution in [3.63, 3.8) is 0 Å². The molecule has 2 aliphatic rings. The van der Waals surface area contributed by atoms with Crippen LogP contribution in [0.5, 0.6) is 5.75 Å². The second-order valence-electron chi connectivity index (χ2n) is 7.12. The first-order valence-electron chi connectivity index (χ1n) is 9.36. The largest absolute Gasteiger partial charge is 0.506 e. The van der Waals surface area contributed by atoms with Crippen molar-refractivity contribution in [2.24, 2.45) is 5.92 Å². The molecule has 2 heterocycles. The van der Waals surface area contributed by atoms with Gasteiger partial charge in [-0.15, -0.1) is 0 Å². The summed E-state index contributed by atoms with van der Waals surface area (Å²) in [5, 5.41) is 12.5. The summed E-state index contributed by atoms with van der Waals surface area (Å²) in [6.45, 7) is 2.51. The summed E-state index contributed by atoms with van der Waals surface area (Å²) >= 11 is 0. The van der Waals surface area contributed by atoms with E-state index < -0.39 is 5.92 Å². The van der Waals surface area contributed by atoms with Crippen molar-refractivity contribution in [2.45, 2.75) is 19.3 Å². The molecule has 27 heavy (non-hydrogen) atoms. The Hall–Kier alpha value is -3.02. The second-order valence-corrected chi connectivity index (χ2v) is 7.12. The standard InChI is InChI=1S/C21H23N3O3/c25-19-6-2-1-5-18(19)22-21(27)15-13-20(26)24(14-15)17-9-7-16(8-10-17)23-11-3-4-12-23/h1-2,5-10,15,25H,3-4,11-14H2,(H,22,27). The van der Waals surface area contributed by atoms with Gasteiger partial charge in [0.15, 0.2) is 0 Å². The molecule has 4 rings (SSSR count). The smallest absolute Gasteiger partial charge is 0.229 e. The van der Waals surface area contributed by atoms with Crippen LogP contribution in [0.4, 0.5) is 17.1 Å². The van der Waals surface area contributed by atoms with E-state index in [1.165, 1.54) is 24.6 Å². The number of phenols is 1. The van der Waals surface area contributed by atoms with Crippen LogP contribution >= 0.6 is 0 Å². The maximum absolute atomic E-state index is 12.5. The Kier molecular flexibility index (Phi) is 4.71. The Morgan fingerprint density at radius 1 is 1.00 bits per heavy atom. The van der Waals surface area contributed by atoms with Crippen LogP contribution in [0.2, 0.25) is 0 Å². The molecule has 2 amide bonds. The Morgan fingerprint density at radius 2 is 1.67 bits per heavy atom. The highest BCUT2D eigenvalue weighted by molar-refractivity contribution is 6.03. The van der Waals surface area contributed by atoms with E-state index in [1.54, 1.807) is 23.1 Å². The Balaban J connectivity index is 1.42. The number of nitrogens with one attached hydrogen (secondary N) is 1. The molecule has 140 valence electrons. The molecule has 2 saturated heterocycles. The third-order valence-corrected chi connectivity index (χ3v) is 5.29. The zero-order chi connectivity index (χ0) is 18.8. The number of amides is 2. The zero-order valence-corrected chi connectivity index (χ0v) is 15.1. The van der Waals surface area contributed by atoms with Crippen molar-refractivity contribution in [3.8, 4) is 5.75 Å². The van der Waals surface area contributed by atoms with Crippen molar-refractivity contribution in [3.05, 3.63) is 48.5 Å². The first-order valence-corrected chi connectivity index (χ1v) is 9.36. The molecule has 6 nitrogen and oxygen atoms in total. The van der Waals surface area contributed by atoms with E-state index in [4.69, 9.17) is 0 Å². The molecule has 0 aromatic heterocycles. The molecule has 0 saturated carbocycles. The first kappa shape index (κ1) is 17.4. The van der Waals surface area contributed by atoms with Gasteiger partial charge in [0.2, 0.25) is 11.8 Å². The van der Waals surface area contributed by atoms with Crippen LogP contribution in [0.1, 0.15) is 19.3 Å². The number of carbonyl (C=O) groups is 2. The average molecular weight is 365 g/mol. The van der Waals surface area contributed by atoms with Crippen molar-refractivity contribution < 1.29 is 14.7 Å². The van der Waals surface area contributed by atoms with Crippen LogP contribution in [0.25, 0.3) is 0 Å². The summed E-state index contributed by atoms with van der Waals surface area (Å²) < 4.78 is 0. The molecular formula is C21H23N3O3. The molecule has 2 aliphatic heterocycles. The maximum atomic E-state index is 12.5. The van der Waals surface area contributed by atoms with Gasteiger partial charge in [0.05, 0.1) is 11.6 Å². The molecule has 0 bridgehead atoms. The van der Waals surface area contributed by atoms with Gasteiger partial charge in [-0.1, -0.05) is 12.1 Å². The van der Waals surface area contributed by atoms with Crippen molar-refractivity contribution in [1.82, 2.24) is 0 Å². The van der Waals surface area contributed by atoms with Crippen LogP contribution < -0.4 is 15.1 Å². The van der Waals surface area contributed by atoms with Crippen LogP contribution in [0.3, 0.4) is 0 Å². The molecule has 1 atom stereocenters. The van der Waals surface area contributed by atoms with Gasteiger partial charge in [0.25, 0.3) is 0 Å². The predicted molar refractivity (Wildman–Crippen MR) is 105 cm³/mol. The third-order valence-electron chi connectivity index (χ3n) is 5.29. The molecule has 6 heteroatoms. The molecule has 2 aromatic rings. The quantitative estimate of drug-likeness (QED) is 0.817. The molecule has 1 unspecified atom stereocenters. The Bertz CT molecular complexity index is 844. The highest BCUT2D eigenvalue weighted by Gasteiger charge is 2.35. The van der Waals surface area contributed by atoms with Gasteiger partial charge in [-0.3, -0.25) is 9.59 Å². The molecular weight excluding hydrogens is 342 g/mol. The highest BCUT2D eigenvalue weighted by atomic mass is 16.3. The van der Waals surface area contributed by atoms with Crippen molar-refractivity contribution in [1.29, 1.82) is 0 Å². The van der Waals surface area contributed by atoms with Gasteiger partial charge in [0, 0.05) is 37.4 Å². The van der Waals surface area contributed by atoms with E-state index in [0.29, 0.717) is 12.2 Å². The van der Waals surface area contributed by atoms with E-state index in [9.17, 15) is 14.7 Å². The summed E-state index contributed by atoms with van der Waals surface area (Å²) in [4.78, 5) is 29.0. The number of para-hydroxylation sites is 2. The van der Waals surface area contributed by atoms with E-state index >= 15 is 0 Å². The van der Waals surface area contributed by atoms with E-state index in [0.717, 1.165) is 18.8 Å². The summed E-state index contributed by atoms with van der Waals surface area (Å²) in [6, 6.07) is 14.6. The van der Waals surface area contributed by atoms with E-state index in [2.05, 4.69) is 10.2 Å². The Morgan fingerprint density at radius 3 is 2.37 bits per heavy atom. The van der Waals surface area contributed by atoms with Crippen molar-refractivity contribution >= 4 is 28.9 Å². The monoisotopic (exact) mass is 365 g/mol. The minimum absolute atomic E-state index is 0.0181. The topological polar surface area (TPSA) is 72.9 Å². The van der Waals surface area contributed by atoms with Crippen molar-refractivity contribution in [2.75, 3.05) is 34.8 Å². The van der Waals surface area contributed by atoms with Gasteiger partial charge in [-0.25, -0.2) is 0 Å². The lowest BCUT2D eigenvalue weighted by atomic mass is 10.1. The normalized spacial score (nSPS) is 19.6. The first-order chi connectivity index (χ1) is 13.1. The lowest BCUT2D eigenvalue weighted by Gasteiger charge is -2.20. The maximum Gasteiger partial charge on any atom is 0.229 e. The van der Waals surface area contributed by atoms with Crippen LogP contribution in [0, 0.1) is 5.92 Å². The number of hydrogen-bond donors (Lipinski definition) is 2. The molecule has 0 aliphatic carbocycles. The number of aromatic hydroxyl groups is 1. The number of benzene rings is 2. The number of phenolic OH excluding ortho intramolecular Hbond substituents is 1. The summed E-state index contributed by atoms with van der Waals surface area (Å²) in [5.41, 5.74) is 2.36. The van der Waals surface area contributed by atoms with Gasteiger partial charge in [-0.2, -0.15) is 0 Å². The summed E-state index contributed by atoms with van der Waals surface area (Å²) in [6.07, 6.45) is 2.62. The lowest BCUT2D eigenvalue weighted by Crippen LogP contribution is -2.28. The third kappa shape index (κ3) is 3.60. The molecule has 2 aromatic carbocycles. The predicted octanol–water partition coefficient (Wildman–Crippen LogP) is 2.98. The average Bonchev–Trinajstić information content (AvgIpc) is 3.34. The number of rotatable bonds is 4. The Labute approximate surface area is 158 Å². The van der Waals surface area contributed by atoms with E-state index in [-0.39, 0.29) is 24.0 Å². The second kappa shape index (κ2) is 7.31. The van der Waals surface area contributed by atoms with Crippen LogP contribution in [-0.2, 0) is 9.59 Å². The highest BCUT2D eigenvalue weighted by Crippen LogP contribution is 2.30. The number of hydrogen-bond acceptors (Lipinski definition) is 4. The number of carbonyl (C=O) groups excluding carboxylic acids is 2. The number of nitrogens with zero attached hydrogens (tertiary/aromatic N) is 2. The minimum atomic E-state index is -0.435. The molecule has 0 radical (unpaired) electrons. The number of anilines is 3. The van der Waals surface area contributed by atoms with Crippen LogP contribution in [-0.4, -0.2) is 36.6 Å².